The van der Waals surface area contributed by atoms with Crippen molar-refractivity contribution in [2.24, 2.45) is 0 Å². The minimum atomic E-state index is -0.513. The first-order valence-corrected chi connectivity index (χ1v) is 7.31. The van der Waals surface area contributed by atoms with Crippen LogP contribution < -0.4 is 10.9 Å². The van der Waals surface area contributed by atoms with Gasteiger partial charge in [-0.3, -0.25) is 4.79 Å². The lowest BCUT2D eigenvalue weighted by atomic mass is 10.1. The summed E-state index contributed by atoms with van der Waals surface area (Å²) in [5.41, 5.74) is 0.136. The Morgan fingerprint density at radius 3 is 2.52 bits per heavy atom. The molecule has 1 amide bonds. The smallest absolute Gasteiger partial charge is 0.344 e. The van der Waals surface area contributed by atoms with Crippen LogP contribution in [-0.2, 0) is 0 Å². The number of nitrogens with one attached hydrogen (secondary N) is 1. The third-order valence-corrected chi connectivity index (χ3v) is 3.72. The average molecular weight is 391 g/mol. The summed E-state index contributed by atoms with van der Waals surface area (Å²) < 4.78 is 6.15. The van der Waals surface area contributed by atoms with E-state index < -0.39 is 11.5 Å². The Morgan fingerprint density at radius 1 is 1.05 bits per heavy atom. The molecule has 0 bridgehead atoms. The zero-order chi connectivity index (χ0) is 14.8. The first-order chi connectivity index (χ1) is 10.1. The number of carbonyl (C=O) groups is 1. The first-order valence-electron chi connectivity index (χ1n) is 6.23. The normalized spacial score (nSPS) is 10.5. The number of carbonyl (C=O) groups excluding carboxylic acids is 1. The number of rotatable bonds is 2. The van der Waals surface area contributed by atoms with E-state index in [1.165, 1.54) is 0 Å². The SMILES string of the molecule is O=C(Nc1ccc(I)cc1)c1cc2ccccc2c(=O)o1. The lowest BCUT2D eigenvalue weighted by Crippen LogP contribution is -2.14. The summed E-state index contributed by atoms with van der Waals surface area (Å²) in [6.45, 7) is 0. The summed E-state index contributed by atoms with van der Waals surface area (Å²) in [6, 6.07) is 15.9. The minimum absolute atomic E-state index is 0.00255. The van der Waals surface area contributed by atoms with Gasteiger partial charge in [0.2, 0.25) is 0 Å². The zero-order valence-electron chi connectivity index (χ0n) is 10.8. The van der Waals surface area contributed by atoms with Gasteiger partial charge in [-0.15, -0.1) is 0 Å². The van der Waals surface area contributed by atoms with E-state index in [9.17, 15) is 9.59 Å². The van der Waals surface area contributed by atoms with Gasteiger partial charge in [-0.25, -0.2) is 4.79 Å². The van der Waals surface area contributed by atoms with Gasteiger partial charge in [-0.05, 0) is 64.4 Å². The fourth-order valence-corrected chi connectivity index (χ4v) is 2.33. The number of halogens is 1. The molecule has 0 fully saturated rings. The summed E-state index contributed by atoms with van der Waals surface area (Å²) in [5.74, 6) is -0.448. The van der Waals surface area contributed by atoms with Gasteiger partial charge in [0.05, 0.1) is 5.39 Å². The lowest BCUT2D eigenvalue weighted by Gasteiger charge is -2.05. The Hall–Kier alpha value is -2.15. The molecule has 0 aliphatic carbocycles. The van der Waals surface area contributed by atoms with E-state index in [1.54, 1.807) is 36.4 Å². The molecule has 0 unspecified atom stereocenters. The number of hydrogen-bond acceptors (Lipinski definition) is 3. The molecule has 21 heavy (non-hydrogen) atoms. The molecule has 104 valence electrons. The molecule has 0 saturated carbocycles. The quantitative estimate of drug-likeness (QED) is 0.679. The van der Waals surface area contributed by atoms with Crippen LogP contribution in [-0.4, -0.2) is 5.91 Å². The molecule has 4 nitrogen and oxygen atoms in total. The van der Waals surface area contributed by atoms with Crippen LogP contribution in [0.5, 0.6) is 0 Å². The lowest BCUT2D eigenvalue weighted by molar-refractivity contribution is 0.0993. The highest BCUT2D eigenvalue weighted by Crippen LogP contribution is 2.15. The zero-order valence-corrected chi connectivity index (χ0v) is 13.0. The maximum atomic E-state index is 12.1. The maximum absolute atomic E-state index is 12.1. The Kier molecular flexibility index (Phi) is 3.74. The number of hydrogen-bond donors (Lipinski definition) is 1. The Balaban J connectivity index is 1.94. The summed E-state index contributed by atoms with van der Waals surface area (Å²) >= 11 is 2.18. The monoisotopic (exact) mass is 391 g/mol. The van der Waals surface area contributed by atoms with Crippen molar-refractivity contribution < 1.29 is 9.21 Å². The number of fused-ring (bicyclic) bond motifs is 1. The molecule has 0 spiro atoms. The van der Waals surface area contributed by atoms with E-state index in [2.05, 4.69) is 27.9 Å². The Labute approximate surface area is 133 Å². The van der Waals surface area contributed by atoms with Gasteiger partial charge >= 0.3 is 5.63 Å². The van der Waals surface area contributed by atoms with Crippen molar-refractivity contribution in [1.29, 1.82) is 0 Å². The molecule has 0 aliphatic heterocycles. The minimum Gasteiger partial charge on any atom is -0.417 e. The molecule has 5 heteroatoms. The molecule has 2 aromatic carbocycles. The van der Waals surface area contributed by atoms with Crippen LogP contribution in [0.4, 0.5) is 5.69 Å². The van der Waals surface area contributed by atoms with E-state index in [0.29, 0.717) is 16.5 Å². The van der Waals surface area contributed by atoms with E-state index in [-0.39, 0.29) is 5.76 Å². The third kappa shape index (κ3) is 2.97. The largest absolute Gasteiger partial charge is 0.417 e. The fourth-order valence-electron chi connectivity index (χ4n) is 1.97. The fraction of sp³-hybridized carbons (Fsp3) is 0. The third-order valence-electron chi connectivity index (χ3n) is 3.00. The molecular weight excluding hydrogens is 381 g/mol. The van der Waals surface area contributed by atoms with Crippen LogP contribution in [0.3, 0.4) is 0 Å². The van der Waals surface area contributed by atoms with Crippen LogP contribution in [0.1, 0.15) is 10.6 Å². The summed E-state index contributed by atoms with van der Waals surface area (Å²) in [5, 5.41) is 3.85. The molecule has 1 heterocycles. The van der Waals surface area contributed by atoms with Crippen molar-refractivity contribution in [1.82, 2.24) is 0 Å². The molecular formula is C16H10INO3. The molecule has 3 rings (SSSR count). The second kappa shape index (κ2) is 5.69. The van der Waals surface area contributed by atoms with Gasteiger partial charge in [0, 0.05) is 9.26 Å². The topological polar surface area (TPSA) is 59.3 Å². The number of amides is 1. The van der Waals surface area contributed by atoms with Gasteiger partial charge in [0.25, 0.3) is 5.91 Å². The van der Waals surface area contributed by atoms with Crippen LogP contribution in [0.15, 0.2) is 63.8 Å². The highest BCUT2D eigenvalue weighted by molar-refractivity contribution is 14.1. The Morgan fingerprint density at radius 2 is 1.76 bits per heavy atom. The predicted octanol–water partition coefficient (Wildman–Crippen LogP) is 3.65. The van der Waals surface area contributed by atoms with Gasteiger partial charge in [0.1, 0.15) is 0 Å². The van der Waals surface area contributed by atoms with Crippen molar-refractivity contribution in [2.45, 2.75) is 0 Å². The standard InChI is InChI=1S/C16H10INO3/c17-11-5-7-12(8-6-11)18-15(19)14-9-10-3-1-2-4-13(10)16(20)21-14/h1-9H,(H,18,19). The molecule has 0 aliphatic rings. The summed E-state index contributed by atoms with van der Waals surface area (Å²) in [4.78, 5) is 24.0. The van der Waals surface area contributed by atoms with Crippen LogP contribution in [0, 0.1) is 3.57 Å². The van der Waals surface area contributed by atoms with Crippen LogP contribution >= 0.6 is 22.6 Å². The van der Waals surface area contributed by atoms with E-state index >= 15 is 0 Å². The summed E-state index contributed by atoms with van der Waals surface area (Å²) in [7, 11) is 0. The number of anilines is 1. The van der Waals surface area contributed by atoms with Gasteiger partial charge in [-0.1, -0.05) is 18.2 Å². The summed E-state index contributed by atoms with van der Waals surface area (Å²) in [6.07, 6.45) is 0. The highest BCUT2D eigenvalue weighted by Gasteiger charge is 2.12. The molecule has 0 saturated heterocycles. The van der Waals surface area contributed by atoms with E-state index in [4.69, 9.17) is 4.42 Å². The molecule has 1 N–H and O–H groups in total. The molecule has 0 radical (unpaired) electrons. The first kappa shape index (κ1) is 13.8. The van der Waals surface area contributed by atoms with E-state index in [1.807, 2.05) is 18.2 Å². The second-order valence-electron chi connectivity index (χ2n) is 4.45. The molecule has 0 atom stereocenters. The molecule has 1 aromatic heterocycles. The average Bonchev–Trinajstić information content (AvgIpc) is 2.49. The van der Waals surface area contributed by atoms with Gasteiger partial charge < -0.3 is 9.73 Å². The maximum Gasteiger partial charge on any atom is 0.344 e. The molecule has 3 aromatic rings. The van der Waals surface area contributed by atoms with Gasteiger partial charge in [-0.2, -0.15) is 0 Å². The predicted molar refractivity (Wildman–Crippen MR) is 89.6 cm³/mol. The van der Waals surface area contributed by atoms with Crippen molar-refractivity contribution in [3.8, 4) is 0 Å². The van der Waals surface area contributed by atoms with Crippen molar-refractivity contribution >= 4 is 45.0 Å². The highest BCUT2D eigenvalue weighted by atomic mass is 127. The number of benzene rings is 2. The van der Waals surface area contributed by atoms with Crippen molar-refractivity contribution in [3.05, 3.63) is 74.3 Å². The Bertz CT molecular complexity index is 869. The van der Waals surface area contributed by atoms with Crippen molar-refractivity contribution in [3.63, 3.8) is 0 Å². The second-order valence-corrected chi connectivity index (χ2v) is 5.69. The van der Waals surface area contributed by atoms with Crippen LogP contribution in [0.25, 0.3) is 10.8 Å². The van der Waals surface area contributed by atoms with Crippen LogP contribution in [0.2, 0.25) is 0 Å². The van der Waals surface area contributed by atoms with Crippen molar-refractivity contribution in [2.75, 3.05) is 5.32 Å². The van der Waals surface area contributed by atoms with Gasteiger partial charge in [0.15, 0.2) is 5.76 Å². The van der Waals surface area contributed by atoms with E-state index in [0.717, 1.165) is 3.57 Å².